The van der Waals surface area contributed by atoms with Crippen LogP contribution in [0.1, 0.15) is 43.2 Å². The van der Waals surface area contributed by atoms with Gasteiger partial charge >= 0.3 is 6.18 Å². The van der Waals surface area contributed by atoms with E-state index >= 15 is 0 Å². The molecule has 0 spiro atoms. The summed E-state index contributed by atoms with van der Waals surface area (Å²) in [5, 5.41) is 5.65. The van der Waals surface area contributed by atoms with E-state index in [0.29, 0.717) is 18.5 Å². The summed E-state index contributed by atoms with van der Waals surface area (Å²) in [5.74, 6) is -0.154. The Morgan fingerprint density at radius 1 is 1.19 bits per heavy atom. The van der Waals surface area contributed by atoms with Crippen LogP contribution >= 0.6 is 0 Å². The van der Waals surface area contributed by atoms with Crippen molar-refractivity contribution in [1.29, 1.82) is 0 Å². The van der Waals surface area contributed by atoms with Gasteiger partial charge < -0.3 is 15.4 Å². The summed E-state index contributed by atoms with van der Waals surface area (Å²) in [7, 11) is 0. The van der Waals surface area contributed by atoms with Gasteiger partial charge in [0.05, 0.1) is 6.61 Å². The van der Waals surface area contributed by atoms with Crippen LogP contribution in [-0.2, 0) is 27.5 Å². The normalized spacial score (nSPS) is 18.1. The van der Waals surface area contributed by atoms with Crippen molar-refractivity contribution in [1.82, 2.24) is 10.6 Å². The third kappa shape index (κ3) is 7.86. The average molecular weight is 372 g/mol. The summed E-state index contributed by atoms with van der Waals surface area (Å²) in [6.07, 6.45) is -1.00. The van der Waals surface area contributed by atoms with Gasteiger partial charge in [0.25, 0.3) is 0 Å². The summed E-state index contributed by atoms with van der Waals surface area (Å²) >= 11 is 0. The molecule has 0 unspecified atom stereocenters. The summed E-state index contributed by atoms with van der Waals surface area (Å²) in [6, 6.07) is 6.69. The second-order valence-electron chi connectivity index (χ2n) is 6.42. The molecule has 0 radical (unpaired) electrons. The number of benzene rings is 1. The maximum absolute atomic E-state index is 12.0. The second-order valence-corrected chi connectivity index (χ2v) is 6.42. The number of carbonyl (C=O) groups is 2. The number of nitrogens with one attached hydrogen (secondary N) is 2. The van der Waals surface area contributed by atoms with E-state index in [1.54, 1.807) is 24.3 Å². The Kier molecular flexibility index (Phi) is 7.44. The first-order valence-electron chi connectivity index (χ1n) is 8.60. The predicted octanol–water partition coefficient (Wildman–Crippen LogP) is 2.83. The fourth-order valence-corrected chi connectivity index (χ4v) is 2.74. The third-order valence-electron chi connectivity index (χ3n) is 4.05. The quantitative estimate of drug-likeness (QED) is 0.773. The van der Waals surface area contributed by atoms with Crippen molar-refractivity contribution in [2.24, 2.45) is 0 Å². The van der Waals surface area contributed by atoms with Gasteiger partial charge in [-0.2, -0.15) is 13.2 Å². The second kappa shape index (κ2) is 9.56. The minimum atomic E-state index is -4.33. The molecule has 1 aromatic rings. The summed E-state index contributed by atoms with van der Waals surface area (Å²) in [6.45, 7) is -1.07. The van der Waals surface area contributed by atoms with Crippen LogP contribution in [0.3, 0.4) is 0 Å². The van der Waals surface area contributed by atoms with E-state index in [1.807, 2.05) is 0 Å². The fourth-order valence-electron chi connectivity index (χ4n) is 2.74. The highest BCUT2D eigenvalue weighted by atomic mass is 19.4. The van der Waals surface area contributed by atoms with Crippen molar-refractivity contribution in [3.63, 3.8) is 0 Å². The van der Waals surface area contributed by atoms with Gasteiger partial charge in [-0.25, -0.2) is 0 Å². The van der Waals surface area contributed by atoms with E-state index in [0.717, 1.165) is 24.8 Å². The molecule has 8 heteroatoms. The molecule has 2 amide bonds. The molecule has 5 nitrogen and oxygen atoms in total. The lowest BCUT2D eigenvalue weighted by molar-refractivity contribution is -0.176. The maximum atomic E-state index is 12.0. The number of ether oxygens (including phenoxy) is 1. The largest absolute Gasteiger partial charge is 0.411 e. The van der Waals surface area contributed by atoms with Gasteiger partial charge in [-0.15, -0.1) is 0 Å². The van der Waals surface area contributed by atoms with Gasteiger partial charge in [0.15, 0.2) is 0 Å². The molecule has 1 aliphatic rings. The average Bonchev–Trinajstić information content (AvgIpc) is 2.77. The van der Waals surface area contributed by atoms with Crippen LogP contribution < -0.4 is 10.6 Å². The molecule has 0 saturated carbocycles. The summed E-state index contributed by atoms with van der Waals surface area (Å²) in [4.78, 5) is 23.5. The Balaban J connectivity index is 1.71. The van der Waals surface area contributed by atoms with Crippen molar-refractivity contribution in [2.75, 3.05) is 6.61 Å². The number of hydrogen-bond acceptors (Lipinski definition) is 3. The van der Waals surface area contributed by atoms with Crippen LogP contribution in [0.2, 0.25) is 0 Å². The van der Waals surface area contributed by atoms with Crippen LogP contribution in [-0.4, -0.2) is 30.6 Å². The van der Waals surface area contributed by atoms with E-state index in [-0.39, 0.29) is 30.9 Å². The lowest BCUT2D eigenvalue weighted by Crippen LogP contribution is -2.37. The Hall–Kier alpha value is -2.09. The Morgan fingerprint density at radius 3 is 2.58 bits per heavy atom. The molecule has 0 aliphatic carbocycles. The molecule has 1 heterocycles. The Labute approximate surface area is 150 Å². The number of alkyl halides is 3. The molecule has 1 saturated heterocycles. The third-order valence-corrected chi connectivity index (χ3v) is 4.05. The zero-order valence-electron chi connectivity index (χ0n) is 14.4. The minimum absolute atomic E-state index is 0.0105. The monoisotopic (exact) mass is 372 g/mol. The first-order chi connectivity index (χ1) is 12.3. The summed E-state index contributed by atoms with van der Waals surface area (Å²) < 4.78 is 40.7. The molecule has 0 aromatic heterocycles. The van der Waals surface area contributed by atoms with Crippen LogP contribution in [0.25, 0.3) is 0 Å². The fraction of sp³-hybridized carbons (Fsp3) is 0.556. The van der Waals surface area contributed by atoms with E-state index < -0.39 is 12.8 Å². The van der Waals surface area contributed by atoms with Crippen molar-refractivity contribution >= 4 is 11.8 Å². The number of hydrogen-bond donors (Lipinski definition) is 2. The molecule has 144 valence electrons. The number of amides is 2. The number of rotatable bonds is 7. The minimum Gasteiger partial charge on any atom is -0.367 e. The lowest BCUT2D eigenvalue weighted by atomic mass is 10.1. The molecule has 2 rings (SSSR count). The van der Waals surface area contributed by atoms with Crippen molar-refractivity contribution in [2.45, 2.75) is 57.5 Å². The standard InChI is InChI=1S/C18H23F3N2O3/c19-18(20,21)12-26-11-14-7-5-13(6-8-14)10-22-17(25)9-15-3-1-2-4-16(24)23-15/h5-8,15H,1-4,9-12H2,(H,22,25)(H,23,24)/t15-/m1/s1. The maximum Gasteiger partial charge on any atom is 0.411 e. The molecular formula is C18H23F3N2O3. The number of halogens is 3. The van der Waals surface area contributed by atoms with Gasteiger partial charge in [-0.05, 0) is 24.0 Å². The van der Waals surface area contributed by atoms with E-state index in [9.17, 15) is 22.8 Å². The first kappa shape index (κ1) is 20.2. The highest BCUT2D eigenvalue weighted by Gasteiger charge is 2.27. The lowest BCUT2D eigenvalue weighted by Gasteiger charge is -2.15. The van der Waals surface area contributed by atoms with Gasteiger partial charge in [0.1, 0.15) is 6.61 Å². The smallest absolute Gasteiger partial charge is 0.367 e. The molecular weight excluding hydrogens is 349 g/mol. The van der Waals surface area contributed by atoms with Crippen LogP contribution in [0.5, 0.6) is 0 Å². The Morgan fingerprint density at radius 2 is 1.88 bits per heavy atom. The number of carbonyl (C=O) groups excluding carboxylic acids is 2. The van der Waals surface area contributed by atoms with E-state index in [4.69, 9.17) is 0 Å². The predicted molar refractivity (Wildman–Crippen MR) is 89.0 cm³/mol. The highest BCUT2D eigenvalue weighted by molar-refractivity contribution is 5.79. The van der Waals surface area contributed by atoms with Crippen LogP contribution in [0.15, 0.2) is 24.3 Å². The topological polar surface area (TPSA) is 67.4 Å². The van der Waals surface area contributed by atoms with Crippen molar-refractivity contribution in [3.8, 4) is 0 Å². The zero-order chi connectivity index (χ0) is 19.0. The Bertz CT molecular complexity index is 603. The molecule has 1 aromatic carbocycles. The molecule has 1 atom stereocenters. The first-order valence-corrected chi connectivity index (χ1v) is 8.60. The van der Waals surface area contributed by atoms with Gasteiger partial charge in [0, 0.05) is 25.4 Å². The summed E-state index contributed by atoms with van der Waals surface area (Å²) in [5.41, 5.74) is 1.47. The molecule has 26 heavy (non-hydrogen) atoms. The SMILES string of the molecule is O=C(C[C@H]1CCCCC(=O)N1)NCc1ccc(COCC(F)(F)F)cc1. The van der Waals surface area contributed by atoms with Gasteiger partial charge in [-0.1, -0.05) is 30.7 Å². The molecule has 1 fully saturated rings. The van der Waals surface area contributed by atoms with Gasteiger partial charge in [0.2, 0.25) is 11.8 Å². The molecule has 0 bridgehead atoms. The van der Waals surface area contributed by atoms with Crippen LogP contribution in [0, 0.1) is 0 Å². The van der Waals surface area contributed by atoms with Crippen molar-refractivity contribution in [3.05, 3.63) is 35.4 Å². The molecule has 1 aliphatic heterocycles. The molecule has 2 N–H and O–H groups in total. The van der Waals surface area contributed by atoms with Gasteiger partial charge in [-0.3, -0.25) is 9.59 Å². The van der Waals surface area contributed by atoms with E-state index in [2.05, 4.69) is 15.4 Å². The van der Waals surface area contributed by atoms with Crippen molar-refractivity contribution < 1.29 is 27.5 Å². The van der Waals surface area contributed by atoms with Crippen LogP contribution in [0.4, 0.5) is 13.2 Å². The highest BCUT2D eigenvalue weighted by Crippen LogP contribution is 2.16. The zero-order valence-corrected chi connectivity index (χ0v) is 14.4. The van der Waals surface area contributed by atoms with E-state index in [1.165, 1.54) is 0 Å².